The Morgan fingerprint density at radius 1 is 1.18 bits per heavy atom. The second-order valence-electron chi connectivity index (χ2n) is 3.57. The summed E-state index contributed by atoms with van der Waals surface area (Å²) in [6, 6.07) is 12.1. The average molecular weight is 265 g/mol. The highest BCUT2D eigenvalue weighted by Gasteiger charge is 2.03. The van der Waals surface area contributed by atoms with E-state index in [-0.39, 0.29) is 0 Å². The largest absolute Gasteiger partial charge is 0.226 e. The molecule has 0 fully saturated rings. The summed E-state index contributed by atoms with van der Waals surface area (Å²) in [5.74, 6) is 1.70. The Morgan fingerprint density at radius 2 is 1.94 bits per heavy atom. The third-order valence-electron chi connectivity index (χ3n) is 2.26. The third kappa shape index (κ3) is 3.72. The lowest BCUT2D eigenvalue weighted by atomic mass is 10.2. The normalized spacial score (nSPS) is 10.5. The Morgan fingerprint density at radius 3 is 2.65 bits per heavy atom. The van der Waals surface area contributed by atoms with Crippen molar-refractivity contribution >= 4 is 23.4 Å². The molecule has 17 heavy (non-hydrogen) atoms. The van der Waals surface area contributed by atoms with Gasteiger partial charge in [-0.25, -0.2) is 9.97 Å². The molecule has 0 amide bonds. The van der Waals surface area contributed by atoms with Crippen molar-refractivity contribution in [2.45, 2.75) is 24.1 Å². The Hall–Kier alpha value is -1.06. The molecule has 0 aliphatic rings. The van der Waals surface area contributed by atoms with Gasteiger partial charge in [-0.2, -0.15) is 0 Å². The molecule has 0 aliphatic carbocycles. The fourth-order valence-corrected chi connectivity index (χ4v) is 2.54. The molecule has 0 aliphatic heterocycles. The summed E-state index contributed by atoms with van der Waals surface area (Å²) in [7, 11) is 0. The minimum atomic E-state index is 0.521. The summed E-state index contributed by atoms with van der Waals surface area (Å²) in [6.07, 6.45) is 0.805. The first-order valence-corrected chi connectivity index (χ1v) is 6.84. The molecule has 0 N–H and O–H groups in total. The topological polar surface area (TPSA) is 25.8 Å². The Balaban J connectivity index is 2.06. The first-order valence-electron chi connectivity index (χ1n) is 5.48. The predicted octanol–water partition coefficient (Wildman–Crippen LogP) is 3.98. The molecule has 88 valence electrons. The number of hydrogen-bond acceptors (Lipinski definition) is 3. The van der Waals surface area contributed by atoms with Gasteiger partial charge in [-0.05, 0) is 5.56 Å². The van der Waals surface area contributed by atoms with E-state index < -0.39 is 0 Å². The molecule has 1 aromatic carbocycles. The van der Waals surface area contributed by atoms with Crippen LogP contribution in [0, 0.1) is 0 Å². The van der Waals surface area contributed by atoms with Gasteiger partial charge in [-0.1, -0.05) is 48.9 Å². The summed E-state index contributed by atoms with van der Waals surface area (Å²) < 4.78 is 0. The van der Waals surface area contributed by atoms with Crippen LogP contribution in [0.3, 0.4) is 0 Å². The van der Waals surface area contributed by atoms with E-state index >= 15 is 0 Å². The maximum absolute atomic E-state index is 5.95. The summed E-state index contributed by atoms with van der Waals surface area (Å²) in [5, 5.41) is 1.46. The number of aryl methyl sites for hydroxylation is 1. The molecule has 0 spiro atoms. The molecule has 0 bridgehead atoms. The van der Waals surface area contributed by atoms with Crippen molar-refractivity contribution in [3.8, 4) is 0 Å². The standard InChI is InChI=1S/C13H13ClN2S/c1-2-12-15-11(14)8-13(16-12)17-9-10-6-4-3-5-7-10/h3-8H,2,9H2,1H3. The van der Waals surface area contributed by atoms with E-state index in [0.29, 0.717) is 5.15 Å². The van der Waals surface area contributed by atoms with Gasteiger partial charge in [-0.3, -0.25) is 0 Å². The fraction of sp³-hybridized carbons (Fsp3) is 0.231. The molecule has 2 rings (SSSR count). The highest BCUT2D eigenvalue weighted by molar-refractivity contribution is 7.98. The fourth-order valence-electron chi connectivity index (χ4n) is 1.41. The van der Waals surface area contributed by atoms with E-state index in [1.54, 1.807) is 11.8 Å². The summed E-state index contributed by atoms with van der Waals surface area (Å²) in [5.41, 5.74) is 1.28. The number of aromatic nitrogens is 2. The van der Waals surface area contributed by atoms with E-state index in [9.17, 15) is 0 Å². The smallest absolute Gasteiger partial charge is 0.133 e. The van der Waals surface area contributed by atoms with Crippen LogP contribution in [-0.4, -0.2) is 9.97 Å². The lowest BCUT2D eigenvalue weighted by Gasteiger charge is -2.03. The number of halogens is 1. The highest BCUT2D eigenvalue weighted by atomic mass is 35.5. The molecule has 0 unspecified atom stereocenters. The van der Waals surface area contributed by atoms with Gasteiger partial charge in [0.05, 0.1) is 0 Å². The quantitative estimate of drug-likeness (QED) is 0.617. The van der Waals surface area contributed by atoms with Crippen LogP contribution < -0.4 is 0 Å². The number of hydrogen-bond donors (Lipinski definition) is 0. The molecule has 4 heteroatoms. The monoisotopic (exact) mass is 264 g/mol. The van der Waals surface area contributed by atoms with Crippen molar-refractivity contribution in [1.82, 2.24) is 9.97 Å². The van der Waals surface area contributed by atoms with Crippen LogP contribution in [0.15, 0.2) is 41.4 Å². The van der Waals surface area contributed by atoms with Crippen LogP contribution in [-0.2, 0) is 12.2 Å². The summed E-state index contributed by atoms with van der Waals surface area (Å²) >= 11 is 7.63. The third-order valence-corrected chi connectivity index (χ3v) is 3.44. The number of nitrogens with zero attached hydrogens (tertiary/aromatic N) is 2. The lowest BCUT2D eigenvalue weighted by molar-refractivity contribution is 0.889. The van der Waals surface area contributed by atoms with E-state index in [2.05, 4.69) is 22.1 Å². The molecular weight excluding hydrogens is 252 g/mol. The molecular formula is C13H13ClN2S. The SMILES string of the molecule is CCc1nc(Cl)cc(SCc2ccccc2)n1. The Bertz CT molecular complexity index is 488. The first-order chi connectivity index (χ1) is 8.28. The van der Waals surface area contributed by atoms with Crippen molar-refractivity contribution < 1.29 is 0 Å². The highest BCUT2D eigenvalue weighted by Crippen LogP contribution is 2.22. The zero-order valence-corrected chi connectivity index (χ0v) is 11.1. The first kappa shape index (κ1) is 12.4. The molecule has 1 heterocycles. The van der Waals surface area contributed by atoms with Gasteiger partial charge in [0.1, 0.15) is 16.0 Å². The Kier molecular flexibility index (Phi) is 4.40. The van der Waals surface area contributed by atoms with Crippen LogP contribution in [0.4, 0.5) is 0 Å². The van der Waals surface area contributed by atoms with Crippen LogP contribution in [0.1, 0.15) is 18.3 Å². The number of benzene rings is 1. The van der Waals surface area contributed by atoms with E-state index in [0.717, 1.165) is 23.0 Å². The minimum absolute atomic E-state index is 0.521. The van der Waals surface area contributed by atoms with Crippen molar-refractivity contribution in [3.63, 3.8) is 0 Å². The van der Waals surface area contributed by atoms with Gasteiger partial charge >= 0.3 is 0 Å². The summed E-state index contributed by atoms with van der Waals surface area (Å²) in [6.45, 7) is 2.03. The molecule has 0 saturated carbocycles. The molecule has 2 nitrogen and oxygen atoms in total. The summed E-state index contributed by atoms with van der Waals surface area (Å²) in [4.78, 5) is 8.58. The molecule has 0 saturated heterocycles. The van der Waals surface area contributed by atoms with E-state index in [1.807, 2.05) is 31.2 Å². The van der Waals surface area contributed by atoms with Gasteiger partial charge in [0, 0.05) is 18.2 Å². The molecule has 0 atom stereocenters. The zero-order chi connectivity index (χ0) is 12.1. The van der Waals surface area contributed by atoms with E-state index in [4.69, 9.17) is 11.6 Å². The van der Waals surface area contributed by atoms with Crippen LogP contribution >= 0.6 is 23.4 Å². The maximum atomic E-state index is 5.95. The van der Waals surface area contributed by atoms with Crippen molar-refractivity contribution in [2.75, 3.05) is 0 Å². The number of rotatable bonds is 4. The minimum Gasteiger partial charge on any atom is -0.226 e. The van der Waals surface area contributed by atoms with Crippen molar-refractivity contribution in [3.05, 3.63) is 52.9 Å². The zero-order valence-electron chi connectivity index (χ0n) is 9.56. The van der Waals surface area contributed by atoms with Gasteiger partial charge in [0.15, 0.2) is 0 Å². The Labute approximate surface area is 110 Å². The molecule has 1 aromatic heterocycles. The van der Waals surface area contributed by atoms with Gasteiger partial charge in [0.2, 0.25) is 0 Å². The second-order valence-corrected chi connectivity index (χ2v) is 4.96. The van der Waals surface area contributed by atoms with Crippen LogP contribution in [0.5, 0.6) is 0 Å². The maximum Gasteiger partial charge on any atom is 0.133 e. The van der Waals surface area contributed by atoms with Crippen molar-refractivity contribution in [2.24, 2.45) is 0 Å². The predicted molar refractivity (Wildman–Crippen MR) is 72.4 cm³/mol. The van der Waals surface area contributed by atoms with E-state index in [1.165, 1.54) is 5.56 Å². The van der Waals surface area contributed by atoms with Gasteiger partial charge in [-0.15, -0.1) is 11.8 Å². The number of thioether (sulfide) groups is 1. The van der Waals surface area contributed by atoms with Crippen molar-refractivity contribution in [1.29, 1.82) is 0 Å². The van der Waals surface area contributed by atoms with Gasteiger partial charge in [0.25, 0.3) is 0 Å². The average Bonchev–Trinajstić information content (AvgIpc) is 2.37. The molecule has 0 radical (unpaired) electrons. The van der Waals surface area contributed by atoms with Crippen LogP contribution in [0.2, 0.25) is 5.15 Å². The van der Waals surface area contributed by atoms with Crippen LogP contribution in [0.25, 0.3) is 0 Å². The molecule has 2 aromatic rings. The lowest BCUT2D eigenvalue weighted by Crippen LogP contribution is -1.94. The van der Waals surface area contributed by atoms with Gasteiger partial charge < -0.3 is 0 Å². The second kappa shape index (κ2) is 6.03.